The number of anilines is 1. The molecule has 1 amide bonds. The number of nitrogens with one attached hydrogen (secondary N) is 1. The van der Waals surface area contributed by atoms with Crippen LogP contribution in [0.4, 0.5) is 5.69 Å². The van der Waals surface area contributed by atoms with Gasteiger partial charge in [-0.25, -0.2) is 9.78 Å². The van der Waals surface area contributed by atoms with Crippen molar-refractivity contribution in [3.05, 3.63) is 75.3 Å². The van der Waals surface area contributed by atoms with Crippen LogP contribution in [0.5, 0.6) is 0 Å². The highest BCUT2D eigenvalue weighted by Gasteiger charge is 2.62. The number of aromatic nitrogens is 2. The molecule has 2 bridgehead atoms. The van der Waals surface area contributed by atoms with Gasteiger partial charge in [-0.05, 0) is 74.8 Å². The quantitative estimate of drug-likeness (QED) is 0.503. The lowest BCUT2D eigenvalue weighted by Gasteiger charge is -2.61. The molecule has 2 heterocycles. The number of carboxylic acid groups (broad SMARTS) is 1. The fourth-order valence-corrected chi connectivity index (χ4v) is 6.41. The molecule has 196 valence electrons. The van der Waals surface area contributed by atoms with Crippen LogP contribution >= 0.6 is 0 Å². The van der Waals surface area contributed by atoms with Gasteiger partial charge in [-0.2, -0.15) is 0 Å². The summed E-state index contributed by atoms with van der Waals surface area (Å²) in [7, 11) is 1.75. The second kappa shape index (κ2) is 8.82. The molecule has 3 fully saturated rings. The first kappa shape index (κ1) is 24.4. The molecule has 1 aliphatic heterocycles. The number of rotatable bonds is 6. The topological polar surface area (TPSA) is 105 Å². The minimum absolute atomic E-state index is 0.0841. The van der Waals surface area contributed by atoms with Gasteiger partial charge < -0.3 is 15.3 Å². The molecule has 0 unspecified atom stereocenters. The molecule has 7 rings (SSSR count). The van der Waals surface area contributed by atoms with Crippen LogP contribution in [0, 0.1) is 18.3 Å². The number of benzene rings is 2. The van der Waals surface area contributed by atoms with Gasteiger partial charge in [0.1, 0.15) is 5.82 Å². The molecule has 0 radical (unpaired) electrons. The molecular weight excluding hydrogens is 480 g/mol. The maximum Gasteiger partial charge on any atom is 0.337 e. The lowest BCUT2D eigenvalue weighted by atomic mass is 9.44. The van der Waals surface area contributed by atoms with Gasteiger partial charge in [0.2, 0.25) is 5.91 Å². The summed E-state index contributed by atoms with van der Waals surface area (Å²) in [6, 6.07) is 10.3. The molecule has 0 spiro atoms. The highest BCUT2D eigenvalue weighted by molar-refractivity contribution is 5.94. The molecule has 3 aromatic rings. The number of fused-ring (bicyclic) bond motifs is 1. The monoisotopic (exact) mass is 512 g/mol. The zero-order valence-electron chi connectivity index (χ0n) is 22.0. The van der Waals surface area contributed by atoms with Crippen LogP contribution < -0.4 is 10.9 Å². The summed E-state index contributed by atoms with van der Waals surface area (Å²) < 4.78 is 1.60. The second-order valence-corrected chi connectivity index (χ2v) is 11.3. The van der Waals surface area contributed by atoms with Crippen molar-refractivity contribution in [2.45, 2.75) is 45.6 Å². The third-order valence-electron chi connectivity index (χ3n) is 8.63. The fourth-order valence-electron chi connectivity index (χ4n) is 6.41. The standard InChI is InChI=1S/C30H32N4O4/c1-17-12-22(18(2)31-24-7-5-4-6-21(24)28(36)37)25-23(13-17)27(35)33(3)26(32-25)20-8-10-34(11-9-20)29(38)30-14-19(15-30)16-30/h4-8,12-13,18-19,31H,9-11,14-16H2,1-3H3,(H,36,37)/t18-,19?,30?/m1/s1. The molecule has 3 aliphatic carbocycles. The molecule has 4 aliphatic rings. The predicted octanol–water partition coefficient (Wildman–Crippen LogP) is 4.53. The van der Waals surface area contributed by atoms with Gasteiger partial charge in [-0.15, -0.1) is 0 Å². The highest BCUT2D eigenvalue weighted by atomic mass is 16.4. The number of carboxylic acids is 1. The third-order valence-corrected chi connectivity index (χ3v) is 8.63. The second-order valence-electron chi connectivity index (χ2n) is 11.3. The van der Waals surface area contributed by atoms with E-state index in [2.05, 4.69) is 5.32 Å². The van der Waals surface area contributed by atoms with E-state index in [0.29, 0.717) is 41.9 Å². The Morgan fingerprint density at radius 1 is 1.18 bits per heavy atom. The van der Waals surface area contributed by atoms with Crippen molar-refractivity contribution >= 4 is 34.0 Å². The molecular formula is C30H32N4O4. The van der Waals surface area contributed by atoms with Crippen molar-refractivity contribution in [2.24, 2.45) is 18.4 Å². The van der Waals surface area contributed by atoms with Crippen molar-refractivity contribution in [1.29, 1.82) is 0 Å². The number of aromatic carboxylic acids is 1. The summed E-state index contributed by atoms with van der Waals surface area (Å²) in [5.74, 6) is 0.659. The third kappa shape index (κ3) is 3.81. The summed E-state index contributed by atoms with van der Waals surface area (Å²) >= 11 is 0. The number of carbonyl (C=O) groups is 2. The largest absolute Gasteiger partial charge is 0.478 e. The van der Waals surface area contributed by atoms with Crippen molar-refractivity contribution < 1.29 is 14.7 Å². The van der Waals surface area contributed by atoms with E-state index in [-0.39, 0.29) is 28.5 Å². The number of para-hydroxylation sites is 1. The van der Waals surface area contributed by atoms with Gasteiger partial charge in [0, 0.05) is 31.4 Å². The van der Waals surface area contributed by atoms with Gasteiger partial charge in [-0.1, -0.05) is 24.3 Å². The van der Waals surface area contributed by atoms with Crippen LogP contribution in [0.15, 0.2) is 47.3 Å². The molecule has 2 N–H and O–H groups in total. The van der Waals surface area contributed by atoms with Crippen LogP contribution in [0.25, 0.3) is 16.5 Å². The Hall–Kier alpha value is -3.94. The number of carbonyl (C=O) groups excluding carboxylic acids is 1. The van der Waals surface area contributed by atoms with Crippen LogP contribution in [-0.2, 0) is 11.8 Å². The number of hydrogen-bond acceptors (Lipinski definition) is 5. The first-order valence-corrected chi connectivity index (χ1v) is 13.3. The Balaban J connectivity index is 1.35. The van der Waals surface area contributed by atoms with Crippen molar-refractivity contribution in [2.75, 3.05) is 18.4 Å². The molecule has 3 saturated carbocycles. The summed E-state index contributed by atoms with van der Waals surface area (Å²) in [6.45, 7) is 5.06. The van der Waals surface area contributed by atoms with Gasteiger partial charge in [-0.3, -0.25) is 14.2 Å². The molecule has 0 saturated heterocycles. The van der Waals surface area contributed by atoms with E-state index in [9.17, 15) is 19.5 Å². The van der Waals surface area contributed by atoms with E-state index in [1.165, 1.54) is 0 Å². The molecule has 8 heteroatoms. The molecule has 1 atom stereocenters. The van der Waals surface area contributed by atoms with Gasteiger partial charge in [0.25, 0.3) is 5.56 Å². The summed E-state index contributed by atoms with van der Waals surface area (Å²) in [5.41, 5.74) is 3.82. The maximum absolute atomic E-state index is 13.5. The Morgan fingerprint density at radius 2 is 1.92 bits per heavy atom. The van der Waals surface area contributed by atoms with Crippen LogP contribution in [0.1, 0.15) is 66.0 Å². The van der Waals surface area contributed by atoms with Crippen LogP contribution in [0.2, 0.25) is 0 Å². The maximum atomic E-state index is 13.5. The number of amides is 1. The smallest absolute Gasteiger partial charge is 0.337 e. The minimum atomic E-state index is -1.01. The first-order chi connectivity index (χ1) is 18.2. The lowest BCUT2D eigenvalue weighted by Crippen LogP contribution is -2.61. The van der Waals surface area contributed by atoms with Crippen molar-refractivity contribution in [3.63, 3.8) is 0 Å². The van der Waals surface area contributed by atoms with E-state index in [4.69, 9.17) is 4.98 Å². The first-order valence-electron chi connectivity index (χ1n) is 13.3. The minimum Gasteiger partial charge on any atom is -0.478 e. The van der Waals surface area contributed by atoms with E-state index in [1.807, 2.05) is 37.0 Å². The molecule has 38 heavy (non-hydrogen) atoms. The van der Waals surface area contributed by atoms with Crippen molar-refractivity contribution in [3.8, 4) is 0 Å². The molecule has 2 aromatic carbocycles. The number of hydrogen-bond donors (Lipinski definition) is 2. The highest BCUT2D eigenvalue weighted by Crippen LogP contribution is 2.65. The summed E-state index contributed by atoms with van der Waals surface area (Å²) in [6.07, 6.45) is 5.83. The Morgan fingerprint density at radius 3 is 2.55 bits per heavy atom. The number of aryl methyl sites for hydroxylation is 1. The Kier molecular flexibility index (Phi) is 5.67. The summed E-state index contributed by atoms with van der Waals surface area (Å²) in [4.78, 5) is 45.2. The van der Waals surface area contributed by atoms with E-state index >= 15 is 0 Å². The van der Waals surface area contributed by atoms with E-state index in [1.54, 1.807) is 35.9 Å². The zero-order valence-corrected chi connectivity index (χ0v) is 22.0. The Labute approximate surface area is 221 Å². The van der Waals surface area contributed by atoms with Gasteiger partial charge in [0.05, 0.1) is 27.9 Å². The summed E-state index contributed by atoms with van der Waals surface area (Å²) in [5, 5.41) is 13.5. The average Bonchev–Trinajstić information content (AvgIpc) is 2.84. The average molecular weight is 513 g/mol. The normalized spacial score (nSPS) is 22.8. The van der Waals surface area contributed by atoms with Crippen LogP contribution in [-0.4, -0.2) is 44.5 Å². The Bertz CT molecular complexity index is 1570. The van der Waals surface area contributed by atoms with Crippen molar-refractivity contribution in [1.82, 2.24) is 14.5 Å². The number of nitrogens with zero attached hydrogens (tertiary/aromatic N) is 3. The SMILES string of the molecule is Cc1cc([C@@H](C)Nc2ccccc2C(=O)O)c2nc(C3=CCN(C(=O)C45CC(C4)C5)CC3)n(C)c(=O)c2c1. The lowest BCUT2D eigenvalue weighted by molar-refractivity contribution is -0.176. The van der Waals surface area contributed by atoms with Gasteiger partial charge >= 0.3 is 5.97 Å². The zero-order chi connectivity index (χ0) is 26.8. The predicted molar refractivity (Wildman–Crippen MR) is 146 cm³/mol. The van der Waals surface area contributed by atoms with Crippen LogP contribution in [0.3, 0.4) is 0 Å². The van der Waals surface area contributed by atoms with E-state index in [0.717, 1.165) is 41.9 Å². The fraction of sp³-hybridized carbons (Fsp3) is 0.400. The van der Waals surface area contributed by atoms with Gasteiger partial charge in [0.15, 0.2) is 0 Å². The molecule has 1 aromatic heterocycles. The molecule has 8 nitrogen and oxygen atoms in total. The van der Waals surface area contributed by atoms with E-state index < -0.39 is 5.97 Å².